The van der Waals surface area contributed by atoms with Gasteiger partial charge in [-0.2, -0.15) is 0 Å². The topological polar surface area (TPSA) is 46.5 Å². The zero-order valence-electron chi connectivity index (χ0n) is 9.31. The van der Waals surface area contributed by atoms with Crippen LogP contribution in [0.3, 0.4) is 0 Å². The van der Waals surface area contributed by atoms with Gasteiger partial charge in [0.05, 0.1) is 0 Å². The zero-order valence-corrected chi connectivity index (χ0v) is 11.8. The predicted molar refractivity (Wildman–Crippen MR) is 67.3 cm³/mol. The number of halogens is 1. The molecule has 0 spiro atoms. The Morgan fingerprint density at radius 1 is 1.44 bits per heavy atom. The number of hydrogen-bond donors (Lipinski definition) is 1. The number of rotatable bonds is 5. The largest absolute Gasteiger partial charge is 0.695 e. The minimum atomic E-state index is -2.60. The first-order valence-electron chi connectivity index (χ1n) is 5.15. The van der Waals surface area contributed by atoms with Crippen molar-refractivity contribution in [2.75, 3.05) is 0 Å². The third-order valence-electron chi connectivity index (χ3n) is 2.75. The molecule has 0 radical (unpaired) electrons. The van der Waals surface area contributed by atoms with Crippen LogP contribution in [-0.4, -0.2) is 4.89 Å². The summed E-state index contributed by atoms with van der Waals surface area (Å²) in [5, 5.41) is 0. The second kappa shape index (κ2) is 5.87. The Morgan fingerprint density at radius 3 is 2.50 bits per heavy atom. The monoisotopic (exact) mass is 305 g/mol. The molecule has 88 valence electrons. The fraction of sp³-hybridized carbons (Fsp3) is 0.455. The molecule has 0 aliphatic carbocycles. The molecule has 0 fully saturated rings. The lowest BCUT2D eigenvalue weighted by atomic mass is 9.89. The van der Waals surface area contributed by atoms with Gasteiger partial charge in [-0.3, -0.25) is 0 Å². The highest BCUT2D eigenvalue weighted by molar-refractivity contribution is 9.10. The minimum absolute atomic E-state index is 0.654. The maximum Gasteiger partial charge on any atom is 0.695 e. The van der Waals surface area contributed by atoms with Crippen LogP contribution in [0.15, 0.2) is 28.7 Å². The fourth-order valence-electron chi connectivity index (χ4n) is 1.76. The number of benzene rings is 1. The van der Waals surface area contributed by atoms with Gasteiger partial charge in [0.1, 0.15) is 0 Å². The van der Waals surface area contributed by atoms with Gasteiger partial charge in [-0.05, 0) is 30.5 Å². The van der Waals surface area contributed by atoms with Gasteiger partial charge in [0.2, 0.25) is 0 Å². The standard InChI is InChI=1S/C11H14BrO3P/c1-3-11(4-2,15-16(13)14)9-6-5-7-10(12)8-9/h5-8H,3-4H2,1-2H3/p+1. The highest BCUT2D eigenvalue weighted by atomic mass is 79.9. The van der Waals surface area contributed by atoms with Crippen LogP contribution in [0, 0.1) is 0 Å². The summed E-state index contributed by atoms with van der Waals surface area (Å²) < 4.78 is 17.1. The first-order valence-corrected chi connectivity index (χ1v) is 7.07. The molecule has 1 atom stereocenters. The van der Waals surface area contributed by atoms with Crippen LogP contribution in [0.25, 0.3) is 0 Å². The van der Waals surface area contributed by atoms with Crippen molar-refractivity contribution in [3.8, 4) is 0 Å². The van der Waals surface area contributed by atoms with Crippen molar-refractivity contribution in [2.24, 2.45) is 0 Å². The van der Waals surface area contributed by atoms with Gasteiger partial charge < -0.3 is 0 Å². The maximum absolute atomic E-state index is 10.9. The SMILES string of the molecule is CCC(CC)(O[P+](=O)O)c1cccc(Br)c1. The van der Waals surface area contributed by atoms with Crippen molar-refractivity contribution in [3.63, 3.8) is 0 Å². The molecule has 0 saturated carbocycles. The van der Waals surface area contributed by atoms with Crippen molar-refractivity contribution in [3.05, 3.63) is 34.3 Å². The van der Waals surface area contributed by atoms with Crippen LogP contribution in [0.1, 0.15) is 32.3 Å². The van der Waals surface area contributed by atoms with Crippen molar-refractivity contribution in [1.29, 1.82) is 0 Å². The highest BCUT2D eigenvalue weighted by Gasteiger charge is 2.39. The molecular formula is C11H15BrO3P+. The van der Waals surface area contributed by atoms with Gasteiger partial charge in [0.15, 0.2) is 5.60 Å². The first kappa shape index (κ1) is 13.8. The summed E-state index contributed by atoms with van der Waals surface area (Å²) in [5.74, 6) is 0. The van der Waals surface area contributed by atoms with Gasteiger partial charge >= 0.3 is 8.25 Å². The average molecular weight is 306 g/mol. The molecule has 1 aromatic rings. The summed E-state index contributed by atoms with van der Waals surface area (Å²) in [7, 11) is -2.60. The third kappa shape index (κ3) is 3.11. The van der Waals surface area contributed by atoms with Crippen molar-refractivity contribution in [2.45, 2.75) is 32.3 Å². The summed E-state index contributed by atoms with van der Waals surface area (Å²) in [6, 6.07) is 7.65. The molecule has 3 nitrogen and oxygen atoms in total. The van der Waals surface area contributed by atoms with Crippen molar-refractivity contribution < 1.29 is 14.0 Å². The quantitative estimate of drug-likeness (QED) is 0.832. The first-order chi connectivity index (χ1) is 7.54. The van der Waals surface area contributed by atoms with E-state index in [0.717, 1.165) is 10.0 Å². The lowest BCUT2D eigenvalue weighted by Gasteiger charge is -2.25. The van der Waals surface area contributed by atoms with Gasteiger partial charge in [-0.15, -0.1) is 9.42 Å². The normalized spacial score (nSPS) is 12.6. The Bertz CT molecular complexity index is 377. The van der Waals surface area contributed by atoms with Crippen LogP contribution >= 0.6 is 24.2 Å². The lowest BCUT2D eigenvalue weighted by Crippen LogP contribution is -2.25. The van der Waals surface area contributed by atoms with Gasteiger partial charge in [0, 0.05) is 9.04 Å². The second-order valence-electron chi connectivity index (χ2n) is 3.54. The van der Waals surface area contributed by atoms with Crippen LogP contribution in [0.2, 0.25) is 0 Å². The lowest BCUT2D eigenvalue weighted by molar-refractivity contribution is 0.0535. The van der Waals surface area contributed by atoms with E-state index in [1.807, 2.05) is 38.1 Å². The molecule has 0 aliphatic rings. The van der Waals surface area contributed by atoms with E-state index in [2.05, 4.69) is 15.9 Å². The third-order valence-corrected chi connectivity index (χ3v) is 3.74. The molecule has 0 aliphatic heterocycles. The molecule has 0 aromatic heterocycles. The molecule has 5 heteroatoms. The summed E-state index contributed by atoms with van der Waals surface area (Å²) in [5.41, 5.74) is 0.246. The van der Waals surface area contributed by atoms with E-state index < -0.39 is 13.9 Å². The summed E-state index contributed by atoms with van der Waals surface area (Å²) >= 11 is 3.39. The Kier molecular flexibility index (Phi) is 5.06. The Labute approximate surface area is 105 Å². The second-order valence-corrected chi connectivity index (χ2v) is 5.11. The molecule has 1 N–H and O–H groups in total. The molecule has 0 amide bonds. The average Bonchev–Trinajstić information content (AvgIpc) is 2.25. The molecule has 1 rings (SSSR count). The number of hydrogen-bond acceptors (Lipinski definition) is 2. The van der Waals surface area contributed by atoms with Gasteiger partial charge in [-0.1, -0.05) is 41.9 Å². The van der Waals surface area contributed by atoms with Crippen LogP contribution in [0.5, 0.6) is 0 Å². The van der Waals surface area contributed by atoms with E-state index in [1.165, 1.54) is 0 Å². The summed E-state index contributed by atoms with van der Waals surface area (Å²) in [4.78, 5) is 8.96. The van der Waals surface area contributed by atoms with Crippen LogP contribution in [-0.2, 0) is 14.7 Å². The van der Waals surface area contributed by atoms with E-state index >= 15 is 0 Å². The maximum atomic E-state index is 10.9. The fourth-order valence-corrected chi connectivity index (χ4v) is 2.82. The van der Waals surface area contributed by atoms with E-state index in [4.69, 9.17) is 9.42 Å². The Morgan fingerprint density at radius 2 is 2.06 bits per heavy atom. The zero-order chi connectivity index (χ0) is 12.2. The van der Waals surface area contributed by atoms with E-state index in [0.29, 0.717) is 12.8 Å². The minimum Gasteiger partial charge on any atom is -0.133 e. The van der Waals surface area contributed by atoms with Gasteiger partial charge in [0.25, 0.3) is 0 Å². The highest BCUT2D eigenvalue weighted by Crippen LogP contribution is 2.40. The predicted octanol–water partition coefficient (Wildman–Crippen LogP) is 4.13. The van der Waals surface area contributed by atoms with Crippen molar-refractivity contribution in [1.82, 2.24) is 0 Å². The van der Waals surface area contributed by atoms with E-state index in [9.17, 15) is 4.57 Å². The molecule has 1 unspecified atom stereocenters. The van der Waals surface area contributed by atoms with Crippen molar-refractivity contribution >= 4 is 24.2 Å². The molecular weight excluding hydrogens is 291 g/mol. The van der Waals surface area contributed by atoms with E-state index in [1.54, 1.807) is 0 Å². The molecule has 0 bridgehead atoms. The van der Waals surface area contributed by atoms with Crippen LogP contribution in [0.4, 0.5) is 0 Å². The Hall–Kier alpha value is -0.280. The molecule has 0 saturated heterocycles. The summed E-state index contributed by atoms with van der Waals surface area (Å²) in [6.45, 7) is 3.90. The smallest absolute Gasteiger partial charge is 0.133 e. The van der Waals surface area contributed by atoms with Gasteiger partial charge in [-0.25, -0.2) is 0 Å². The molecule has 16 heavy (non-hydrogen) atoms. The molecule has 1 aromatic carbocycles. The van der Waals surface area contributed by atoms with Crippen LogP contribution < -0.4 is 0 Å². The summed E-state index contributed by atoms with van der Waals surface area (Å²) in [6.07, 6.45) is 1.31. The van der Waals surface area contributed by atoms with E-state index in [-0.39, 0.29) is 0 Å². The Balaban J connectivity index is 3.14. The molecule has 0 heterocycles.